The van der Waals surface area contributed by atoms with Gasteiger partial charge < -0.3 is 9.88 Å². The number of benzene rings is 2. The largest absolute Gasteiger partial charge is 0.331 e. The number of carbonyl (C=O) groups is 1. The molecule has 0 unspecified atom stereocenters. The summed E-state index contributed by atoms with van der Waals surface area (Å²) >= 11 is 0. The van der Waals surface area contributed by atoms with E-state index in [9.17, 15) is 9.59 Å². The monoisotopic (exact) mass is 332 g/mol. The molecule has 6 nitrogen and oxygen atoms in total. The first-order chi connectivity index (χ1) is 12.1. The Balaban J connectivity index is 1.83. The number of nitrogens with zero attached hydrogens (tertiary/aromatic N) is 3. The Kier molecular flexibility index (Phi) is 3.57. The molecule has 25 heavy (non-hydrogen) atoms. The molecule has 0 radical (unpaired) electrons. The van der Waals surface area contributed by atoms with E-state index in [0.29, 0.717) is 16.6 Å². The summed E-state index contributed by atoms with van der Waals surface area (Å²) in [7, 11) is 1.79. The van der Waals surface area contributed by atoms with Gasteiger partial charge in [0.2, 0.25) is 5.91 Å². The number of nitrogens with one attached hydrogen (secondary N) is 1. The van der Waals surface area contributed by atoms with Gasteiger partial charge in [-0.15, -0.1) is 0 Å². The van der Waals surface area contributed by atoms with E-state index in [4.69, 9.17) is 0 Å². The standard InChI is InChI=1S/C19H16N4O2/c1-22-11-10-17(21-22)20-18(24)12-23-15-8-4-2-6-13(15)19(25)14-7-3-5-9-16(14)23/h2-11H,12H2,1H3,(H,20,21,24). The second kappa shape index (κ2) is 5.90. The van der Waals surface area contributed by atoms with Crippen LogP contribution in [0.15, 0.2) is 65.6 Å². The summed E-state index contributed by atoms with van der Waals surface area (Å²) in [5, 5.41) is 8.15. The van der Waals surface area contributed by atoms with Crippen LogP contribution in [0, 0.1) is 0 Å². The molecule has 2 aromatic heterocycles. The van der Waals surface area contributed by atoms with Crippen LogP contribution in [0.3, 0.4) is 0 Å². The molecule has 0 aliphatic rings. The van der Waals surface area contributed by atoms with Gasteiger partial charge in [-0.2, -0.15) is 5.10 Å². The lowest BCUT2D eigenvalue weighted by molar-refractivity contribution is -0.116. The van der Waals surface area contributed by atoms with E-state index in [-0.39, 0.29) is 17.9 Å². The minimum Gasteiger partial charge on any atom is -0.331 e. The fourth-order valence-corrected chi connectivity index (χ4v) is 3.05. The van der Waals surface area contributed by atoms with Gasteiger partial charge in [0.25, 0.3) is 0 Å². The fourth-order valence-electron chi connectivity index (χ4n) is 3.05. The summed E-state index contributed by atoms with van der Waals surface area (Å²) < 4.78 is 3.49. The average Bonchev–Trinajstić information content (AvgIpc) is 3.03. The van der Waals surface area contributed by atoms with E-state index in [2.05, 4.69) is 10.4 Å². The van der Waals surface area contributed by atoms with Gasteiger partial charge in [0.15, 0.2) is 11.2 Å². The maximum atomic E-state index is 12.7. The Hall–Kier alpha value is -3.41. The normalized spacial score (nSPS) is 11.1. The zero-order valence-corrected chi connectivity index (χ0v) is 13.6. The average molecular weight is 332 g/mol. The number of aromatic nitrogens is 3. The summed E-state index contributed by atoms with van der Waals surface area (Å²) in [6.45, 7) is 0.0951. The summed E-state index contributed by atoms with van der Waals surface area (Å²) in [4.78, 5) is 25.2. The number of rotatable bonds is 3. The molecule has 0 bridgehead atoms. The summed E-state index contributed by atoms with van der Waals surface area (Å²) in [5.74, 6) is 0.305. The fraction of sp³-hybridized carbons (Fsp3) is 0.105. The van der Waals surface area contributed by atoms with Crippen LogP contribution in [0.5, 0.6) is 0 Å². The quantitative estimate of drug-likeness (QED) is 0.586. The van der Waals surface area contributed by atoms with Crippen molar-refractivity contribution in [1.29, 1.82) is 0 Å². The molecule has 0 aliphatic carbocycles. The zero-order valence-electron chi connectivity index (χ0n) is 13.6. The van der Waals surface area contributed by atoms with Crippen molar-refractivity contribution in [3.05, 3.63) is 71.0 Å². The minimum absolute atomic E-state index is 0.0208. The third-order valence-corrected chi connectivity index (χ3v) is 4.16. The molecular formula is C19H16N4O2. The number of amides is 1. The number of anilines is 1. The molecule has 4 rings (SSSR count). The molecule has 2 aromatic carbocycles. The smallest absolute Gasteiger partial charge is 0.245 e. The van der Waals surface area contributed by atoms with Crippen LogP contribution in [0.2, 0.25) is 0 Å². The predicted octanol–water partition coefficient (Wildman–Crippen LogP) is 2.53. The van der Waals surface area contributed by atoms with Crippen LogP contribution < -0.4 is 10.7 Å². The summed E-state index contributed by atoms with van der Waals surface area (Å²) in [6, 6.07) is 16.4. The van der Waals surface area contributed by atoms with Crippen molar-refractivity contribution in [1.82, 2.24) is 14.3 Å². The summed E-state index contributed by atoms with van der Waals surface area (Å²) in [5.41, 5.74) is 1.46. The molecule has 1 N–H and O–H groups in total. The molecule has 1 amide bonds. The SMILES string of the molecule is Cn1ccc(NC(=O)Cn2c3ccccc3c(=O)c3ccccc32)n1. The van der Waals surface area contributed by atoms with Crippen molar-refractivity contribution in [2.75, 3.05) is 5.32 Å². The number of pyridine rings is 1. The predicted molar refractivity (Wildman–Crippen MR) is 97.6 cm³/mol. The van der Waals surface area contributed by atoms with Crippen molar-refractivity contribution in [2.24, 2.45) is 7.05 Å². The van der Waals surface area contributed by atoms with Gasteiger partial charge in [-0.25, -0.2) is 0 Å². The van der Waals surface area contributed by atoms with E-state index >= 15 is 0 Å². The van der Waals surface area contributed by atoms with Crippen molar-refractivity contribution < 1.29 is 4.79 Å². The number of carbonyl (C=O) groups excluding carboxylic acids is 1. The lowest BCUT2D eigenvalue weighted by Gasteiger charge is -2.14. The molecule has 6 heteroatoms. The Morgan fingerprint density at radius 1 is 1.00 bits per heavy atom. The third kappa shape index (κ3) is 2.67. The minimum atomic E-state index is -0.197. The van der Waals surface area contributed by atoms with Gasteiger partial charge in [-0.1, -0.05) is 24.3 Å². The van der Waals surface area contributed by atoms with Crippen LogP contribution in [-0.2, 0) is 18.4 Å². The molecule has 0 fully saturated rings. The number of fused-ring (bicyclic) bond motifs is 2. The van der Waals surface area contributed by atoms with Crippen LogP contribution >= 0.6 is 0 Å². The topological polar surface area (TPSA) is 68.9 Å². The van der Waals surface area contributed by atoms with Crippen LogP contribution in [-0.4, -0.2) is 20.3 Å². The molecule has 0 aliphatic heterocycles. The van der Waals surface area contributed by atoms with E-state index in [1.807, 2.05) is 41.0 Å². The molecule has 4 aromatic rings. The maximum absolute atomic E-state index is 12.7. The Morgan fingerprint density at radius 2 is 1.60 bits per heavy atom. The highest BCUT2D eigenvalue weighted by molar-refractivity contribution is 5.96. The lowest BCUT2D eigenvalue weighted by atomic mass is 10.1. The maximum Gasteiger partial charge on any atom is 0.245 e. The molecular weight excluding hydrogens is 316 g/mol. The number of hydrogen-bond acceptors (Lipinski definition) is 3. The lowest BCUT2D eigenvalue weighted by Crippen LogP contribution is -2.21. The second-order valence-electron chi connectivity index (χ2n) is 5.87. The molecule has 0 spiro atoms. The second-order valence-corrected chi connectivity index (χ2v) is 5.87. The van der Waals surface area contributed by atoms with E-state index in [1.54, 1.807) is 36.1 Å². The molecule has 2 heterocycles. The van der Waals surface area contributed by atoms with Gasteiger partial charge in [0.05, 0.1) is 11.0 Å². The van der Waals surface area contributed by atoms with Crippen LogP contribution in [0.25, 0.3) is 21.8 Å². The van der Waals surface area contributed by atoms with E-state index in [0.717, 1.165) is 11.0 Å². The van der Waals surface area contributed by atoms with Crippen LogP contribution in [0.4, 0.5) is 5.82 Å². The van der Waals surface area contributed by atoms with Gasteiger partial charge in [0, 0.05) is 30.1 Å². The van der Waals surface area contributed by atoms with E-state index in [1.165, 1.54) is 0 Å². The first kappa shape index (κ1) is 15.1. The number of hydrogen-bond donors (Lipinski definition) is 1. The first-order valence-corrected chi connectivity index (χ1v) is 7.93. The molecule has 0 saturated carbocycles. The van der Waals surface area contributed by atoms with Crippen molar-refractivity contribution in [3.8, 4) is 0 Å². The van der Waals surface area contributed by atoms with Gasteiger partial charge in [-0.05, 0) is 24.3 Å². The van der Waals surface area contributed by atoms with Gasteiger partial charge >= 0.3 is 0 Å². The van der Waals surface area contributed by atoms with Crippen LogP contribution in [0.1, 0.15) is 0 Å². The van der Waals surface area contributed by atoms with Gasteiger partial charge in [-0.3, -0.25) is 14.3 Å². The number of aryl methyl sites for hydroxylation is 1. The molecule has 124 valence electrons. The molecule has 0 atom stereocenters. The Labute approximate surface area is 143 Å². The van der Waals surface area contributed by atoms with Crippen molar-refractivity contribution >= 4 is 33.5 Å². The highest BCUT2D eigenvalue weighted by Gasteiger charge is 2.13. The highest BCUT2D eigenvalue weighted by atomic mass is 16.2. The van der Waals surface area contributed by atoms with E-state index < -0.39 is 0 Å². The zero-order chi connectivity index (χ0) is 17.4. The van der Waals surface area contributed by atoms with Crippen molar-refractivity contribution in [3.63, 3.8) is 0 Å². The van der Waals surface area contributed by atoms with Gasteiger partial charge in [0.1, 0.15) is 6.54 Å². The Morgan fingerprint density at radius 3 is 2.16 bits per heavy atom. The first-order valence-electron chi connectivity index (χ1n) is 7.93. The Bertz CT molecular complexity index is 1100. The molecule has 0 saturated heterocycles. The highest BCUT2D eigenvalue weighted by Crippen LogP contribution is 2.19. The summed E-state index contributed by atoms with van der Waals surface area (Å²) in [6.07, 6.45) is 1.76. The number of para-hydroxylation sites is 2. The van der Waals surface area contributed by atoms with Crippen molar-refractivity contribution in [2.45, 2.75) is 6.54 Å². The third-order valence-electron chi connectivity index (χ3n) is 4.16.